The van der Waals surface area contributed by atoms with Crippen LogP contribution in [0.4, 0.5) is 5.69 Å². The summed E-state index contributed by atoms with van der Waals surface area (Å²) in [7, 11) is 1.60. The minimum absolute atomic E-state index is 0.468. The lowest BCUT2D eigenvalue weighted by atomic mass is 10.2. The van der Waals surface area contributed by atoms with E-state index in [0.29, 0.717) is 17.2 Å². The van der Waals surface area contributed by atoms with E-state index < -0.39 is 11.3 Å². The molecule has 1 N–H and O–H groups in total. The lowest BCUT2D eigenvalue weighted by molar-refractivity contribution is 0.415. The van der Waals surface area contributed by atoms with Gasteiger partial charge in [-0.2, -0.15) is 0 Å². The van der Waals surface area contributed by atoms with Crippen molar-refractivity contribution in [2.45, 2.75) is 0 Å². The first-order valence-electron chi connectivity index (χ1n) is 6.72. The van der Waals surface area contributed by atoms with E-state index in [4.69, 9.17) is 9.47 Å². The van der Waals surface area contributed by atoms with Crippen LogP contribution in [0.3, 0.4) is 0 Å². The van der Waals surface area contributed by atoms with E-state index in [0.717, 1.165) is 16.7 Å². The van der Waals surface area contributed by atoms with Gasteiger partial charge >= 0.3 is 0 Å². The molecular formula is C16H13N2O4S-. The number of nitrogens with one attached hydrogen (secondary N) is 1. The zero-order valence-electron chi connectivity index (χ0n) is 12.2. The van der Waals surface area contributed by atoms with Crippen LogP contribution in [0.25, 0.3) is 10.9 Å². The number of aromatic nitrogens is 1. The van der Waals surface area contributed by atoms with Crippen molar-refractivity contribution >= 4 is 27.9 Å². The smallest absolute Gasteiger partial charge is 0.138 e. The van der Waals surface area contributed by atoms with Crippen LogP contribution >= 0.6 is 0 Å². The molecule has 1 aromatic heterocycles. The molecular weight excluding hydrogens is 316 g/mol. The highest BCUT2D eigenvalue weighted by Crippen LogP contribution is 2.31. The molecule has 0 spiro atoms. The van der Waals surface area contributed by atoms with Crippen LogP contribution in [0.2, 0.25) is 0 Å². The molecule has 7 heteroatoms. The molecule has 2 aromatic carbocycles. The first-order valence-corrected chi connectivity index (χ1v) is 7.80. The molecule has 6 nitrogen and oxygen atoms in total. The summed E-state index contributed by atoms with van der Waals surface area (Å²) >= 11 is -2.34. The maximum absolute atomic E-state index is 10.6. The number of pyridine rings is 1. The van der Waals surface area contributed by atoms with E-state index >= 15 is 0 Å². The molecule has 0 saturated carbocycles. The largest absolute Gasteiger partial charge is 0.755 e. The van der Waals surface area contributed by atoms with E-state index in [2.05, 4.69) is 9.71 Å². The summed E-state index contributed by atoms with van der Waals surface area (Å²) in [5.41, 5.74) is 1.23. The van der Waals surface area contributed by atoms with Crippen molar-refractivity contribution in [3.63, 3.8) is 0 Å². The number of fused-ring (bicyclic) bond motifs is 1. The number of nitrogens with zero attached hydrogens (tertiary/aromatic N) is 1. The Morgan fingerprint density at radius 1 is 1.09 bits per heavy atom. The molecule has 0 radical (unpaired) electrons. The van der Waals surface area contributed by atoms with Gasteiger partial charge in [0.2, 0.25) is 0 Å². The van der Waals surface area contributed by atoms with Crippen LogP contribution in [0, 0.1) is 0 Å². The molecule has 0 aliphatic rings. The van der Waals surface area contributed by atoms with Gasteiger partial charge in [0.25, 0.3) is 0 Å². The predicted molar refractivity (Wildman–Crippen MR) is 87.4 cm³/mol. The van der Waals surface area contributed by atoms with Crippen LogP contribution < -0.4 is 14.2 Å². The molecule has 118 valence electrons. The summed E-state index contributed by atoms with van der Waals surface area (Å²) in [4.78, 5) is 4.30. The van der Waals surface area contributed by atoms with Crippen LogP contribution in [0.1, 0.15) is 0 Å². The number of ether oxygens (including phenoxy) is 2. The van der Waals surface area contributed by atoms with Gasteiger partial charge in [0, 0.05) is 34.6 Å². The Balaban J connectivity index is 1.87. The third kappa shape index (κ3) is 3.58. The molecule has 0 bridgehead atoms. The van der Waals surface area contributed by atoms with Crippen molar-refractivity contribution in [3.05, 3.63) is 54.7 Å². The zero-order chi connectivity index (χ0) is 16.2. The first kappa shape index (κ1) is 15.3. The summed E-state index contributed by atoms with van der Waals surface area (Å²) in [5, 5.41) is 0.858. The lowest BCUT2D eigenvalue weighted by Crippen LogP contribution is -2.01. The molecule has 0 amide bonds. The van der Waals surface area contributed by atoms with Gasteiger partial charge in [0.05, 0.1) is 12.6 Å². The fourth-order valence-corrected chi connectivity index (χ4v) is 2.46. The van der Waals surface area contributed by atoms with Crippen molar-refractivity contribution in [1.29, 1.82) is 0 Å². The minimum Gasteiger partial charge on any atom is -0.755 e. The molecule has 3 aromatic rings. The average molecular weight is 329 g/mol. The number of methoxy groups -OCH3 is 1. The highest BCUT2D eigenvalue weighted by atomic mass is 32.2. The molecule has 1 heterocycles. The van der Waals surface area contributed by atoms with Crippen LogP contribution in [-0.4, -0.2) is 20.9 Å². The Bertz CT molecular complexity index is 852. The third-order valence-corrected chi connectivity index (χ3v) is 3.60. The second kappa shape index (κ2) is 6.64. The minimum atomic E-state index is -2.34. The quantitative estimate of drug-likeness (QED) is 0.727. The summed E-state index contributed by atoms with van der Waals surface area (Å²) in [6.07, 6.45) is 1.66. The highest BCUT2D eigenvalue weighted by molar-refractivity contribution is 7.80. The Labute approximate surface area is 135 Å². The summed E-state index contributed by atoms with van der Waals surface area (Å²) in [5.74, 6) is 1.98. The fourth-order valence-electron chi connectivity index (χ4n) is 2.13. The van der Waals surface area contributed by atoms with Gasteiger partial charge in [-0.1, -0.05) is 0 Å². The first-order chi connectivity index (χ1) is 11.2. The van der Waals surface area contributed by atoms with E-state index in [9.17, 15) is 8.76 Å². The van der Waals surface area contributed by atoms with Gasteiger partial charge in [-0.3, -0.25) is 9.19 Å². The molecule has 0 aliphatic carbocycles. The van der Waals surface area contributed by atoms with E-state index in [1.165, 1.54) is 0 Å². The third-order valence-electron chi connectivity index (χ3n) is 3.19. The molecule has 23 heavy (non-hydrogen) atoms. The van der Waals surface area contributed by atoms with Crippen LogP contribution in [0.15, 0.2) is 54.7 Å². The van der Waals surface area contributed by atoms with E-state index in [-0.39, 0.29) is 0 Å². The molecule has 1 unspecified atom stereocenters. The topological polar surface area (TPSA) is 83.5 Å². The summed E-state index contributed by atoms with van der Waals surface area (Å²) < 4.78 is 34.5. The summed E-state index contributed by atoms with van der Waals surface area (Å²) in [6, 6.07) is 13.9. The van der Waals surface area contributed by atoms with Gasteiger partial charge in [-0.05, 0) is 42.5 Å². The number of hydrogen-bond donors (Lipinski definition) is 1. The molecule has 0 saturated heterocycles. The van der Waals surface area contributed by atoms with Crippen LogP contribution in [0.5, 0.6) is 17.2 Å². The molecule has 1 atom stereocenters. The zero-order valence-corrected chi connectivity index (χ0v) is 13.0. The summed E-state index contributed by atoms with van der Waals surface area (Å²) in [6.45, 7) is 0. The van der Waals surface area contributed by atoms with Gasteiger partial charge in [0.1, 0.15) is 17.2 Å². The number of benzene rings is 2. The van der Waals surface area contributed by atoms with Crippen molar-refractivity contribution in [2.24, 2.45) is 0 Å². The predicted octanol–water partition coefficient (Wildman–Crippen LogP) is 3.24. The number of anilines is 1. The van der Waals surface area contributed by atoms with Gasteiger partial charge in [-0.25, -0.2) is 0 Å². The molecule has 0 fully saturated rings. The molecule has 0 aliphatic heterocycles. The van der Waals surface area contributed by atoms with E-state index in [1.807, 2.05) is 18.2 Å². The van der Waals surface area contributed by atoms with Crippen LogP contribution in [-0.2, 0) is 11.3 Å². The molecule has 3 rings (SSSR count). The lowest BCUT2D eigenvalue weighted by Gasteiger charge is -2.11. The standard InChI is InChI=1S/C16H14N2O4S/c1-21-13-6-7-14-15(10-13)17-9-8-16(14)22-12-4-2-11(3-5-12)18-23(19)20/h2-10,18H,1H3,(H,19,20)/p-1. The highest BCUT2D eigenvalue weighted by Gasteiger charge is 2.06. The van der Waals surface area contributed by atoms with Gasteiger partial charge < -0.3 is 18.7 Å². The van der Waals surface area contributed by atoms with Crippen molar-refractivity contribution in [2.75, 3.05) is 11.8 Å². The second-order valence-electron chi connectivity index (χ2n) is 4.66. The SMILES string of the molecule is COc1ccc2c(Oc3ccc(NS(=O)[O-])cc3)ccnc2c1. The normalized spacial score (nSPS) is 11.9. The monoisotopic (exact) mass is 329 g/mol. The maximum Gasteiger partial charge on any atom is 0.138 e. The Morgan fingerprint density at radius 2 is 1.83 bits per heavy atom. The van der Waals surface area contributed by atoms with Gasteiger partial charge in [0.15, 0.2) is 0 Å². The number of hydrogen-bond acceptors (Lipinski definition) is 5. The Hall–Kier alpha value is -2.64. The average Bonchev–Trinajstić information content (AvgIpc) is 2.56. The van der Waals surface area contributed by atoms with Crippen molar-refractivity contribution < 1.29 is 18.2 Å². The van der Waals surface area contributed by atoms with Crippen molar-refractivity contribution in [3.8, 4) is 17.2 Å². The van der Waals surface area contributed by atoms with E-state index in [1.54, 1.807) is 43.6 Å². The van der Waals surface area contributed by atoms with Crippen molar-refractivity contribution in [1.82, 2.24) is 4.98 Å². The Kier molecular flexibility index (Phi) is 4.40. The van der Waals surface area contributed by atoms with Gasteiger partial charge in [-0.15, -0.1) is 0 Å². The fraction of sp³-hybridized carbons (Fsp3) is 0.0625. The maximum atomic E-state index is 10.6. The second-order valence-corrected chi connectivity index (χ2v) is 5.33. The number of rotatable bonds is 5. The Morgan fingerprint density at radius 3 is 2.52 bits per heavy atom.